The van der Waals surface area contributed by atoms with E-state index in [2.05, 4.69) is 14.9 Å². The van der Waals surface area contributed by atoms with Crippen LogP contribution in [0.15, 0.2) is 59.6 Å². The molecule has 0 aliphatic carbocycles. The predicted octanol–water partition coefficient (Wildman–Crippen LogP) is 2.77. The fourth-order valence-electron chi connectivity index (χ4n) is 4.16. The Bertz CT molecular complexity index is 1250. The number of aryl methyl sites for hydroxylation is 1. The largest absolute Gasteiger partial charge is 0.379 e. The van der Waals surface area contributed by atoms with Crippen LogP contribution in [0.1, 0.15) is 22.6 Å². The summed E-state index contributed by atoms with van der Waals surface area (Å²) in [5, 5.41) is 2.90. The molecule has 1 N–H and O–H groups in total. The molecule has 0 atom stereocenters. The summed E-state index contributed by atoms with van der Waals surface area (Å²) < 4.78 is 34.4. The molecule has 2 aliphatic rings. The zero-order chi connectivity index (χ0) is 22.1. The van der Waals surface area contributed by atoms with E-state index < -0.39 is 10.0 Å². The molecule has 0 radical (unpaired) electrons. The molecule has 3 aromatic rings. The van der Waals surface area contributed by atoms with Crippen molar-refractivity contribution in [1.82, 2.24) is 13.9 Å². The van der Waals surface area contributed by atoms with Gasteiger partial charge in [-0.2, -0.15) is 4.31 Å². The standard InChI is InChI=1S/C23H24N4O4S/c28-23(17-6-8-20(9-7-17)32(29,30)26-11-13-31-14-12-26)25-19-4-1-3-18(15-19)21-16-24-22-5-2-10-27(21)22/h1,3-4,6-9,15-16H,2,5,10-14H2,(H,25,28). The van der Waals surface area contributed by atoms with E-state index in [-0.39, 0.29) is 10.8 Å². The first-order chi connectivity index (χ1) is 15.5. The Kier molecular flexibility index (Phi) is 5.54. The maximum atomic E-state index is 12.8. The number of carbonyl (C=O) groups is 1. The molecule has 2 aromatic carbocycles. The summed E-state index contributed by atoms with van der Waals surface area (Å²) in [5.74, 6) is 0.803. The smallest absolute Gasteiger partial charge is 0.255 e. The SMILES string of the molecule is O=C(Nc1cccc(-c2cnc3n2CCC3)c1)c1ccc(S(=O)(=O)N2CCOCC2)cc1. The summed E-state index contributed by atoms with van der Waals surface area (Å²) in [6, 6.07) is 13.7. The number of anilines is 1. The van der Waals surface area contributed by atoms with Gasteiger partial charge >= 0.3 is 0 Å². The third-order valence-corrected chi connectivity index (χ3v) is 7.77. The first kappa shape index (κ1) is 20.9. The van der Waals surface area contributed by atoms with Crippen molar-refractivity contribution in [1.29, 1.82) is 0 Å². The van der Waals surface area contributed by atoms with Crippen LogP contribution >= 0.6 is 0 Å². The number of sulfonamides is 1. The molecule has 0 unspecified atom stereocenters. The summed E-state index contributed by atoms with van der Waals surface area (Å²) in [5.41, 5.74) is 3.11. The van der Waals surface area contributed by atoms with Crippen molar-refractivity contribution in [2.24, 2.45) is 0 Å². The zero-order valence-electron chi connectivity index (χ0n) is 17.5. The van der Waals surface area contributed by atoms with Gasteiger partial charge in [0, 0.05) is 42.9 Å². The molecule has 8 nitrogen and oxygen atoms in total. The molecule has 166 valence electrons. The number of aromatic nitrogens is 2. The highest BCUT2D eigenvalue weighted by Gasteiger charge is 2.26. The van der Waals surface area contributed by atoms with Gasteiger partial charge in [0.25, 0.3) is 5.91 Å². The second kappa shape index (κ2) is 8.50. The summed E-state index contributed by atoms with van der Waals surface area (Å²) in [7, 11) is -3.59. The van der Waals surface area contributed by atoms with Crippen molar-refractivity contribution in [2.45, 2.75) is 24.3 Å². The lowest BCUT2D eigenvalue weighted by molar-refractivity contribution is 0.0730. The lowest BCUT2D eigenvalue weighted by Crippen LogP contribution is -2.40. The summed E-state index contributed by atoms with van der Waals surface area (Å²) in [4.78, 5) is 17.4. The highest BCUT2D eigenvalue weighted by molar-refractivity contribution is 7.89. The Morgan fingerprint density at radius 2 is 1.81 bits per heavy atom. The third-order valence-electron chi connectivity index (χ3n) is 5.86. The highest BCUT2D eigenvalue weighted by atomic mass is 32.2. The molecular formula is C23H24N4O4S. The van der Waals surface area contributed by atoms with Crippen LogP contribution in [0.25, 0.3) is 11.3 Å². The number of amides is 1. The number of imidazole rings is 1. The number of morpholine rings is 1. The van der Waals surface area contributed by atoms with Crippen LogP contribution in [0, 0.1) is 0 Å². The van der Waals surface area contributed by atoms with Gasteiger partial charge in [0.2, 0.25) is 10.0 Å². The van der Waals surface area contributed by atoms with Gasteiger partial charge in [0.1, 0.15) is 5.82 Å². The van der Waals surface area contributed by atoms with Gasteiger partial charge in [-0.1, -0.05) is 12.1 Å². The molecule has 9 heteroatoms. The fraction of sp³-hybridized carbons (Fsp3) is 0.304. The van der Waals surface area contributed by atoms with Crippen LogP contribution in [-0.4, -0.2) is 54.5 Å². The molecule has 3 heterocycles. The number of rotatable bonds is 5. The number of ether oxygens (including phenoxy) is 1. The topological polar surface area (TPSA) is 93.5 Å². The molecule has 5 rings (SSSR count). The maximum absolute atomic E-state index is 12.8. The van der Waals surface area contributed by atoms with Crippen LogP contribution < -0.4 is 5.32 Å². The van der Waals surface area contributed by atoms with E-state index in [0.29, 0.717) is 37.6 Å². The Labute approximate surface area is 186 Å². The van der Waals surface area contributed by atoms with Gasteiger partial charge in [0.15, 0.2) is 0 Å². The van der Waals surface area contributed by atoms with Crippen molar-refractivity contribution in [3.05, 3.63) is 66.1 Å². The molecule has 2 aliphatic heterocycles. The van der Waals surface area contributed by atoms with Crippen molar-refractivity contribution >= 4 is 21.6 Å². The Morgan fingerprint density at radius 3 is 2.59 bits per heavy atom. The summed E-state index contributed by atoms with van der Waals surface area (Å²) in [6.07, 6.45) is 3.97. The van der Waals surface area contributed by atoms with Crippen molar-refractivity contribution in [2.75, 3.05) is 31.6 Å². The van der Waals surface area contributed by atoms with Gasteiger partial charge in [-0.25, -0.2) is 13.4 Å². The molecule has 1 saturated heterocycles. The third kappa shape index (κ3) is 3.94. The average Bonchev–Trinajstić information content (AvgIpc) is 3.44. The Morgan fingerprint density at radius 1 is 1.03 bits per heavy atom. The second-order valence-electron chi connectivity index (χ2n) is 7.89. The van der Waals surface area contributed by atoms with E-state index in [1.54, 1.807) is 0 Å². The number of benzene rings is 2. The van der Waals surface area contributed by atoms with Crippen molar-refractivity contribution < 1.29 is 17.9 Å². The predicted molar refractivity (Wildman–Crippen MR) is 120 cm³/mol. The van der Waals surface area contributed by atoms with Gasteiger partial charge in [-0.15, -0.1) is 0 Å². The van der Waals surface area contributed by atoms with E-state index in [1.807, 2.05) is 30.5 Å². The highest BCUT2D eigenvalue weighted by Crippen LogP contribution is 2.27. The van der Waals surface area contributed by atoms with Crippen molar-refractivity contribution in [3.8, 4) is 11.3 Å². The Hall–Kier alpha value is -3.01. The molecule has 32 heavy (non-hydrogen) atoms. The number of hydrogen-bond acceptors (Lipinski definition) is 5. The van der Waals surface area contributed by atoms with E-state index in [9.17, 15) is 13.2 Å². The first-order valence-corrected chi connectivity index (χ1v) is 12.1. The normalized spacial score (nSPS) is 16.6. The van der Waals surface area contributed by atoms with Crippen LogP contribution in [0.5, 0.6) is 0 Å². The molecule has 1 aromatic heterocycles. The molecule has 0 bridgehead atoms. The van der Waals surface area contributed by atoms with Gasteiger partial charge in [-0.05, 0) is 42.8 Å². The quantitative estimate of drug-likeness (QED) is 0.643. The van der Waals surface area contributed by atoms with Gasteiger partial charge in [-0.3, -0.25) is 4.79 Å². The van der Waals surface area contributed by atoms with Crippen LogP contribution in [0.2, 0.25) is 0 Å². The van der Waals surface area contributed by atoms with Gasteiger partial charge in [0.05, 0.1) is 30.0 Å². The van der Waals surface area contributed by atoms with E-state index in [1.165, 1.54) is 28.6 Å². The van der Waals surface area contributed by atoms with Crippen LogP contribution in [0.3, 0.4) is 0 Å². The van der Waals surface area contributed by atoms with Crippen molar-refractivity contribution in [3.63, 3.8) is 0 Å². The van der Waals surface area contributed by atoms with E-state index >= 15 is 0 Å². The monoisotopic (exact) mass is 452 g/mol. The number of nitrogens with zero attached hydrogens (tertiary/aromatic N) is 3. The average molecular weight is 453 g/mol. The minimum Gasteiger partial charge on any atom is -0.379 e. The second-order valence-corrected chi connectivity index (χ2v) is 9.83. The van der Waals surface area contributed by atoms with Crippen LogP contribution in [0.4, 0.5) is 5.69 Å². The molecular weight excluding hydrogens is 428 g/mol. The first-order valence-electron chi connectivity index (χ1n) is 10.7. The lowest BCUT2D eigenvalue weighted by atomic mass is 10.1. The van der Waals surface area contributed by atoms with Crippen LogP contribution in [-0.2, 0) is 27.7 Å². The molecule has 1 fully saturated rings. The maximum Gasteiger partial charge on any atom is 0.255 e. The molecule has 0 saturated carbocycles. The van der Waals surface area contributed by atoms with Gasteiger partial charge < -0.3 is 14.6 Å². The minimum absolute atomic E-state index is 0.174. The minimum atomic E-state index is -3.59. The lowest BCUT2D eigenvalue weighted by Gasteiger charge is -2.26. The van der Waals surface area contributed by atoms with E-state index in [0.717, 1.165) is 36.5 Å². The van der Waals surface area contributed by atoms with E-state index in [4.69, 9.17) is 4.74 Å². The number of hydrogen-bond donors (Lipinski definition) is 1. The summed E-state index contributed by atoms with van der Waals surface area (Å²) in [6.45, 7) is 2.41. The zero-order valence-corrected chi connectivity index (χ0v) is 18.3. The number of nitrogens with one attached hydrogen (secondary N) is 1. The fourth-order valence-corrected chi connectivity index (χ4v) is 5.57. The number of fused-ring (bicyclic) bond motifs is 1. The Balaban J connectivity index is 1.31. The number of carbonyl (C=O) groups excluding carboxylic acids is 1. The summed E-state index contributed by atoms with van der Waals surface area (Å²) >= 11 is 0. The molecule has 1 amide bonds. The molecule has 0 spiro atoms.